The molecule has 0 aliphatic carbocycles. The van der Waals surface area contributed by atoms with E-state index in [0.717, 1.165) is 12.1 Å². The quantitative estimate of drug-likeness (QED) is 0.698. The molecule has 28 heavy (non-hydrogen) atoms. The summed E-state index contributed by atoms with van der Waals surface area (Å²) in [5.74, 6) is -0.480. The number of nitrogens with zero attached hydrogens (tertiary/aromatic N) is 1. The molecule has 1 unspecified atom stereocenters. The molecule has 0 spiro atoms. The highest BCUT2D eigenvalue weighted by Gasteiger charge is 2.39. The van der Waals surface area contributed by atoms with Crippen LogP contribution in [-0.2, 0) is 10.0 Å². The monoisotopic (exact) mass is 431 g/mol. The van der Waals surface area contributed by atoms with Crippen LogP contribution in [-0.4, -0.2) is 46.4 Å². The van der Waals surface area contributed by atoms with Gasteiger partial charge < -0.3 is 14.2 Å². The SMILES string of the molecule is COc1cc(OC)c(C2SCCN2S(=O)(=O)c2ccc(F)c(F)c2)cc1OC. The van der Waals surface area contributed by atoms with Crippen LogP contribution >= 0.6 is 11.8 Å². The first-order valence-corrected chi connectivity index (χ1v) is 10.7. The van der Waals surface area contributed by atoms with Gasteiger partial charge in [-0.15, -0.1) is 11.8 Å². The van der Waals surface area contributed by atoms with E-state index in [-0.39, 0.29) is 11.4 Å². The number of halogens is 2. The Balaban J connectivity index is 2.06. The van der Waals surface area contributed by atoms with Crippen LogP contribution in [0.25, 0.3) is 0 Å². The fraction of sp³-hybridized carbons (Fsp3) is 0.333. The van der Waals surface area contributed by atoms with Crippen molar-refractivity contribution < 1.29 is 31.4 Å². The molecule has 1 heterocycles. The Morgan fingerprint density at radius 2 is 1.61 bits per heavy atom. The predicted molar refractivity (Wildman–Crippen MR) is 102 cm³/mol. The van der Waals surface area contributed by atoms with E-state index in [4.69, 9.17) is 14.2 Å². The van der Waals surface area contributed by atoms with E-state index < -0.39 is 27.0 Å². The number of thioether (sulfide) groups is 1. The van der Waals surface area contributed by atoms with Crippen molar-refractivity contribution in [2.75, 3.05) is 33.6 Å². The standard InChI is InChI=1S/C18H19F2NO5S2/c1-24-15-10-17(26-3)16(25-2)9-12(15)18-21(6-7-27-18)28(22,23)11-4-5-13(19)14(20)8-11/h4-5,8-10,18H,6-7H2,1-3H3. The molecule has 1 saturated heterocycles. The molecule has 0 N–H and O–H groups in total. The molecule has 1 fully saturated rings. The molecule has 1 atom stereocenters. The van der Waals surface area contributed by atoms with Gasteiger partial charge in [-0.05, 0) is 24.3 Å². The van der Waals surface area contributed by atoms with Gasteiger partial charge in [-0.3, -0.25) is 0 Å². The van der Waals surface area contributed by atoms with Gasteiger partial charge in [0, 0.05) is 23.9 Å². The largest absolute Gasteiger partial charge is 0.496 e. The van der Waals surface area contributed by atoms with Gasteiger partial charge in [0.1, 0.15) is 5.75 Å². The van der Waals surface area contributed by atoms with Gasteiger partial charge in [0.15, 0.2) is 23.1 Å². The Morgan fingerprint density at radius 1 is 0.964 bits per heavy atom. The third kappa shape index (κ3) is 3.63. The summed E-state index contributed by atoms with van der Waals surface area (Å²) >= 11 is 1.40. The van der Waals surface area contributed by atoms with Gasteiger partial charge in [-0.2, -0.15) is 4.31 Å². The van der Waals surface area contributed by atoms with Gasteiger partial charge in [0.05, 0.1) is 31.6 Å². The predicted octanol–water partition coefficient (Wildman–Crippen LogP) is 3.43. The summed E-state index contributed by atoms with van der Waals surface area (Å²) in [6.45, 7) is 0.216. The fourth-order valence-corrected chi connectivity index (χ4v) is 6.22. The van der Waals surface area contributed by atoms with Crippen molar-refractivity contribution in [1.82, 2.24) is 4.31 Å². The van der Waals surface area contributed by atoms with E-state index in [0.29, 0.717) is 34.6 Å². The highest BCUT2D eigenvalue weighted by Crippen LogP contribution is 2.47. The molecule has 1 aliphatic heterocycles. The maximum atomic E-state index is 13.6. The molecule has 2 aromatic rings. The molecule has 1 aliphatic rings. The number of sulfonamides is 1. The number of hydrogen-bond acceptors (Lipinski definition) is 6. The molecule has 0 radical (unpaired) electrons. The number of methoxy groups -OCH3 is 3. The van der Waals surface area contributed by atoms with Crippen LogP contribution < -0.4 is 14.2 Å². The van der Waals surface area contributed by atoms with Crippen LogP contribution in [0, 0.1) is 11.6 Å². The maximum Gasteiger partial charge on any atom is 0.244 e. The third-order valence-electron chi connectivity index (χ3n) is 4.35. The van der Waals surface area contributed by atoms with Crippen molar-refractivity contribution in [2.45, 2.75) is 10.3 Å². The lowest BCUT2D eigenvalue weighted by Gasteiger charge is -2.25. The molecular weight excluding hydrogens is 412 g/mol. The Kier molecular flexibility index (Phi) is 6.01. The minimum absolute atomic E-state index is 0.216. The second-order valence-electron chi connectivity index (χ2n) is 5.86. The summed E-state index contributed by atoms with van der Waals surface area (Å²) in [5.41, 5.74) is 0.578. The first-order chi connectivity index (χ1) is 13.3. The molecular formula is C18H19F2NO5S2. The third-order valence-corrected chi connectivity index (χ3v) is 7.58. The minimum atomic E-state index is -4.06. The van der Waals surface area contributed by atoms with Crippen LogP contribution in [0.15, 0.2) is 35.2 Å². The number of benzene rings is 2. The Labute approximate surface area is 166 Å². The first-order valence-electron chi connectivity index (χ1n) is 8.22. The highest BCUT2D eigenvalue weighted by molar-refractivity contribution is 8.01. The van der Waals surface area contributed by atoms with E-state index >= 15 is 0 Å². The Hall–Kier alpha value is -2.04. The molecule has 2 aromatic carbocycles. The number of hydrogen-bond donors (Lipinski definition) is 0. The maximum absolute atomic E-state index is 13.6. The van der Waals surface area contributed by atoms with Crippen molar-refractivity contribution in [3.63, 3.8) is 0 Å². The lowest BCUT2D eigenvalue weighted by Crippen LogP contribution is -2.31. The summed E-state index contributed by atoms with van der Waals surface area (Å²) in [6, 6.07) is 5.83. The molecule has 10 heteroatoms. The first kappa shape index (κ1) is 20.7. The Bertz CT molecular complexity index is 984. The molecule has 0 amide bonds. The van der Waals surface area contributed by atoms with Gasteiger partial charge in [0.25, 0.3) is 0 Å². The Morgan fingerprint density at radius 3 is 2.21 bits per heavy atom. The molecule has 152 valence electrons. The minimum Gasteiger partial charge on any atom is -0.496 e. The van der Waals surface area contributed by atoms with Gasteiger partial charge in [-0.1, -0.05) is 0 Å². The van der Waals surface area contributed by atoms with E-state index in [9.17, 15) is 17.2 Å². The summed E-state index contributed by atoms with van der Waals surface area (Å²) in [4.78, 5) is -0.307. The molecule has 3 rings (SSSR count). The zero-order chi connectivity index (χ0) is 20.5. The smallest absolute Gasteiger partial charge is 0.244 e. The van der Waals surface area contributed by atoms with Crippen LogP contribution in [0.3, 0.4) is 0 Å². The lowest BCUT2D eigenvalue weighted by atomic mass is 10.1. The summed E-state index contributed by atoms with van der Waals surface area (Å²) in [6.07, 6.45) is 0. The topological polar surface area (TPSA) is 65.1 Å². The zero-order valence-electron chi connectivity index (χ0n) is 15.4. The van der Waals surface area contributed by atoms with Crippen LogP contribution in [0.4, 0.5) is 8.78 Å². The van der Waals surface area contributed by atoms with Crippen molar-refractivity contribution in [2.24, 2.45) is 0 Å². The van der Waals surface area contributed by atoms with Gasteiger partial charge in [-0.25, -0.2) is 17.2 Å². The van der Waals surface area contributed by atoms with E-state index in [2.05, 4.69) is 0 Å². The highest BCUT2D eigenvalue weighted by atomic mass is 32.2. The lowest BCUT2D eigenvalue weighted by molar-refractivity contribution is 0.344. The second kappa shape index (κ2) is 8.14. The number of ether oxygens (including phenoxy) is 3. The number of rotatable bonds is 6. The molecule has 0 bridgehead atoms. The fourth-order valence-electron chi connectivity index (χ4n) is 2.96. The second-order valence-corrected chi connectivity index (χ2v) is 8.94. The van der Waals surface area contributed by atoms with Crippen molar-refractivity contribution in [1.29, 1.82) is 0 Å². The summed E-state index contributed by atoms with van der Waals surface area (Å²) < 4.78 is 70.3. The van der Waals surface area contributed by atoms with Crippen molar-refractivity contribution in [3.05, 3.63) is 47.5 Å². The van der Waals surface area contributed by atoms with Crippen LogP contribution in [0.2, 0.25) is 0 Å². The molecule has 0 saturated carbocycles. The summed E-state index contributed by atoms with van der Waals surface area (Å²) in [5, 5.41) is -0.618. The zero-order valence-corrected chi connectivity index (χ0v) is 17.1. The van der Waals surface area contributed by atoms with E-state index in [1.54, 1.807) is 12.1 Å². The normalized spacial score (nSPS) is 17.5. The molecule has 0 aromatic heterocycles. The van der Waals surface area contributed by atoms with Gasteiger partial charge >= 0.3 is 0 Å². The summed E-state index contributed by atoms with van der Waals surface area (Å²) in [7, 11) is 0.379. The van der Waals surface area contributed by atoms with E-state index in [1.807, 2.05) is 0 Å². The van der Waals surface area contributed by atoms with Gasteiger partial charge in [0.2, 0.25) is 10.0 Å². The average Bonchev–Trinajstić information content (AvgIpc) is 3.19. The van der Waals surface area contributed by atoms with E-state index in [1.165, 1.54) is 37.4 Å². The van der Waals surface area contributed by atoms with Crippen molar-refractivity contribution >= 4 is 21.8 Å². The molecule has 6 nitrogen and oxygen atoms in total. The van der Waals surface area contributed by atoms with Crippen LogP contribution in [0.1, 0.15) is 10.9 Å². The van der Waals surface area contributed by atoms with Crippen LogP contribution in [0.5, 0.6) is 17.2 Å². The van der Waals surface area contributed by atoms with Crippen molar-refractivity contribution in [3.8, 4) is 17.2 Å². The average molecular weight is 431 g/mol.